The fourth-order valence-corrected chi connectivity index (χ4v) is 1.62. The van der Waals surface area contributed by atoms with Gasteiger partial charge in [0.1, 0.15) is 0 Å². The van der Waals surface area contributed by atoms with Crippen LogP contribution in [0.2, 0.25) is 0 Å². The van der Waals surface area contributed by atoms with E-state index in [0.717, 1.165) is 0 Å². The summed E-state index contributed by atoms with van der Waals surface area (Å²) in [5.74, 6) is 0.794. The van der Waals surface area contributed by atoms with Gasteiger partial charge in [0.25, 0.3) is 0 Å². The van der Waals surface area contributed by atoms with Crippen LogP contribution >= 0.6 is 0 Å². The highest BCUT2D eigenvalue weighted by atomic mass is 16.1. The van der Waals surface area contributed by atoms with E-state index in [1.54, 1.807) is 6.92 Å². The fraction of sp³-hybridized carbons (Fsp3) is 0.875. The molecule has 2 heteroatoms. The first-order chi connectivity index (χ1) is 4.70. The highest BCUT2D eigenvalue weighted by Crippen LogP contribution is 2.24. The second-order valence-corrected chi connectivity index (χ2v) is 3.22. The van der Waals surface area contributed by atoms with Gasteiger partial charge in [-0.1, -0.05) is 13.3 Å². The van der Waals surface area contributed by atoms with E-state index in [-0.39, 0.29) is 5.91 Å². The number of carbonyl (C=O) groups is 1. The summed E-state index contributed by atoms with van der Waals surface area (Å²) in [5.41, 5.74) is 0. The minimum atomic E-state index is 0.110. The maximum atomic E-state index is 10.6. The monoisotopic (exact) mass is 141 g/mol. The van der Waals surface area contributed by atoms with Crippen LogP contribution in [0.25, 0.3) is 0 Å². The molecule has 1 aliphatic carbocycles. The number of nitrogens with one attached hydrogen (secondary N) is 1. The molecule has 1 fully saturated rings. The first-order valence-electron chi connectivity index (χ1n) is 3.97. The molecule has 0 aliphatic heterocycles. The molecule has 58 valence electrons. The van der Waals surface area contributed by atoms with Crippen LogP contribution in [0.15, 0.2) is 0 Å². The second-order valence-electron chi connectivity index (χ2n) is 3.22. The summed E-state index contributed by atoms with van der Waals surface area (Å²) in [4.78, 5) is 10.6. The van der Waals surface area contributed by atoms with Gasteiger partial charge in [-0.3, -0.25) is 4.79 Å². The topological polar surface area (TPSA) is 29.1 Å². The Bertz CT molecular complexity index is 133. The van der Waals surface area contributed by atoms with Crippen molar-refractivity contribution < 1.29 is 4.79 Å². The average Bonchev–Trinajstić information content (AvgIpc) is 2.15. The van der Waals surface area contributed by atoms with Crippen molar-refractivity contribution in [1.82, 2.24) is 5.32 Å². The molecule has 2 nitrogen and oxygen atoms in total. The maximum Gasteiger partial charge on any atom is 0.217 e. The van der Waals surface area contributed by atoms with Crippen molar-refractivity contribution in [1.29, 1.82) is 0 Å². The fourth-order valence-electron chi connectivity index (χ4n) is 1.62. The molecule has 0 bridgehead atoms. The van der Waals surface area contributed by atoms with E-state index in [1.807, 2.05) is 0 Å². The van der Waals surface area contributed by atoms with Crippen LogP contribution in [0, 0.1) is 5.92 Å². The lowest BCUT2D eigenvalue weighted by Crippen LogP contribution is -2.34. The van der Waals surface area contributed by atoms with Crippen LogP contribution in [0.1, 0.15) is 33.1 Å². The van der Waals surface area contributed by atoms with E-state index in [4.69, 9.17) is 0 Å². The molecule has 1 N–H and O–H groups in total. The molecular weight excluding hydrogens is 126 g/mol. The predicted octanol–water partition coefficient (Wildman–Crippen LogP) is 1.31. The molecule has 0 spiro atoms. The standard InChI is InChI=1S/C8H15NO/c1-6-4-3-5-8(6)9-7(2)10/h6,8H,3-5H2,1-2H3,(H,9,10). The average molecular weight is 141 g/mol. The van der Waals surface area contributed by atoms with E-state index in [9.17, 15) is 4.79 Å². The Labute approximate surface area is 62.0 Å². The van der Waals surface area contributed by atoms with Crippen molar-refractivity contribution in [3.05, 3.63) is 0 Å². The first-order valence-corrected chi connectivity index (χ1v) is 3.97. The van der Waals surface area contributed by atoms with Crippen LogP contribution in [-0.2, 0) is 4.79 Å². The zero-order chi connectivity index (χ0) is 7.56. The minimum absolute atomic E-state index is 0.110. The molecule has 1 aliphatic rings. The maximum absolute atomic E-state index is 10.6. The number of rotatable bonds is 1. The van der Waals surface area contributed by atoms with E-state index in [2.05, 4.69) is 12.2 Å². The number of hydrogen-bond donors (Lipinski definition) is 1. The molecule has 0 aromatic rings. The summed E-state index contributed by atoms with van der Waals surface area (Å²) >= 11 is 0. The minimum Gasteiger partial charge on any atom is -0.353 e. The third kappa shape index (κ3) is 1.72. The van der Waals surface area contributed by atoms with E-state index < -0.39 is 0 Å². The zero-order valence-corrected chi connectivity index (χ0v) is 6.68. The lowest BCUT2D eigenvalue weighted by Gasteiger charge is -2.15. The van der Waals surface area contributed by atoms with E-state index in [0.29, 0.717) is 12.0 Å². The number of amides is 1. The molecule has 1 saturated carbocycles. The van der Waals surface area contributed by atoms with Gasteiger partial charge in [-0.25, -0.2) is 0 Å². The van der Waals surface area contributed by atoms with Gasteiger partial charge in [0.2, 0.25) is 5.91 Å². The SMILES string of the molecule is CC(=O)NC1CCCC1C. The van der Waals surface area contributed by atoms with Crippen molar-refractivity contribution in [2.45, 2.75) is 39.2 Å². The number of hydrogen-bond acceptors (Lipinski definition) is 1. The van der Waals surface area contributed by atoms with Gasteiger partial charge in [0, 0.05) is 13.0 Å². The van der Waals surface area contributed by atoms with Gasteiger partial charge in [-0.2, -0.15) is 0 Å². The van der Waals surface area contributed by atoms with Crippen molar-refractivity contribution in [3.8, 4) is 0 Å². The third-order valence-electron chi connectivity index (χ3n) is 2.25. The Morgan fingerprint density at radius 3 is 2.60 bits per heavy atom. The largest absolute Gasteiger partial charge is 0.353 e. The lowest BCUT2D eigenvalue weighted by molar-refractivity contribution is -0.119. The molecular formula is C8H15NO. The van der Waals surface area contributed by atoms with Crippen molar-refractivity contribution in [3.63, 3.8) is 0 Å². The van der Waals surface area contributed by atoms with Crippen molar-refractivity contribution >= 4 is 5.91 Å². The second kappa shape index (κ2) is 3.04. The Morgan fingerprint density at radius 2 is 2.20 bits per heavy atom. The summed E-state index contributed by atoms with van der Waals surface area (Å²) < 4.78 is 0. The Balaban J connectivity index is 2.33. The predicted molar refractivity (Wildman–Crippen MR) is 40.6 cm³/mol. The van der Waals surface area contributed by atoms with Gasteiger partial charge in [-0.05, 0) is 18.8 Å². The summed E-state index contributed by atoms with van der Waals surface area (Å²) in [6.45, 7) is 3.79. The van der Waals surface area contributed by atoms with Gasteiger partial charge < -0.3 is 5.32 Å². The molecule has 0 heterocycles. The molecule has 2 unspecified atom stereocenters. The van der Waals surface area contributed by atoms with Gasteiger partial charge >= 0.3 is 0 Å². The summed E-state index contributed by atoms with van der Waals surface area (Å²) in [6.07, 6.45) is 3.71. The molecule has 2 atom stereocenters. The normalized spacial score (nSPS) is 32.2. The molecule has 0 radical (unpaired) electrons. The van der Waals surface area contributed by atoms with Crippen molar-refractivity contribution in [2.24, 2.45) is 5.92 Å². The molecule has 1 amide bonds. The highest BCUT2D eigenvalue weighted by Gasteiger charge is 2.23. The smallest absolute Gasteiger partial charge is 0.217 e. The Hall–Kier alpha value is -0.530. The third-order valence-corrected chi connectivity index (χ3v) is 2.25. The Morgan fingerprint density at radius 1 is 1.50 bits per heavy atom. The lowest BCUT2D eigenvalue weighted by atomic mass is 10.1. The van der Waals surface area contributed by atoms with E-state index >= 15 is 0 Å². The molecule has 0 aromatic heterocycles. The van der Waals surface area contributed by atoms with Crippen LogP contribution in [-0.4, -0.2) is 11.9 Å². The number of carbonyl (C=O) groups excluding carboxylic acids is 1. The van der Waals surface area contributed by atoms with Crippen LogP contribution in [0.3, 0.4) is 0 Å². The zero-order valence-electron chi connectivity index (χ0n) is 6.68. The van der Waals surface area contributed by atoms with Crippen molar-refractivity contribution in [2.75, 3.05) is 0 Å². The molecule has 1 rings (SSSR count). The first kappa shape index (κ1) is 7.58. The van der Waals surface area contributed by atoms with Gasteiger partial charge in [0.15, 0.2) is 0 Å². The van der Waals surface area contributed by atoms with Crippen LogP contribution in [0.5, 0.6) is 0 Å². The summed E-state index contributed by atoms with van der Waals surface area (Å²) in [6, 6.07) is 0.456. The summed E-state index contributed by atoms with van der Waals surface area (Å²) in [7, 11) is 0. The van der Waals surface area contributed by atoms with Crippen LogP contribution in [0.4, 0.5) is 0 Å². The van der Waals surface area contributed by atoms with Crippen LogP contribution < -0.4 is 5.32 Å². The van der Waals surface area contributed by atoms with Gasteiger partial charge in [-0.15, -0.1) is 0 Å². The molecule has 10 heavy (non-hydrogen) atoms. The van der Waals surface area contributed by atoms with E-state index in [1.165, 1.54) is 19.3 Å². The molecule has 0 saturated heterocycles. The quantitative estimate of drug-likeness (QED) is 0.586. The highest BCUT2D eigenvalue weighted by molar-refractivity contribution is 5.73. The Kier molecular flexibility index (Phi) is 2.30. The molecule has 0 aromatic carbocycles. The summed E-state index contributed by atoms with van der Waals surface area (Å²) in [5, 5.41) is 2.95. The van der Waals surface area contributed by atoms with Gasteiger partial charge in [0.05, 0.1) is 0 Å².